The molecule has 0 saturated heterocycles. The minimum atomic E-state index is 0.904. The summed E-state index contributed by atoms with van der Waals surface area (Å²) in [6.45, 7) is 0. The molecule has 0 N–H and O–H groups in total. The average molecular weight is 329 g/mol. The van der Waals surface area contributed by atoms with Crippen molar-refractivity contribution in [2.24, 2.45) is 0 Å². The third kappa shape index (κ3) is 13.9. The van der Waals surface area contributed by atoms with Crippen LogP contribution in [0.4, 0.5) is 0 Å². The fourth-order valence-electron chi connectivity index (χ4n) is 1.72. The van der Waals surface area contributed by atoms with E-state index in [1.165, 1.54) is 0 Å². The summed E-state index contributed by atoms with van der Waals surface area (Å²) in [4.78, 5) is 0. The van der Waals surface area contributed by atoms with E-state index in [1.807, 2.05) is 23.5 Å². The Bertz CT molecular complexity index is 419. The van der Waals surface area contributed by atoms with E-state index < -0.39 is 0 Å². The summed E-state index contributed by atoms with van der Waals surface area (Å²) < 4.78 is 0. The van der Waals surface area contributed by atoms with Crippen molar-refractivity contribution in [2.75, 3.05) is 23.0 Å². The van der Waals surface area contributed by atoms with E-state index in [0.717, 1.165) is 74.4 Å². The van der Waals surface area contributed by atoms with Gasteiger partial charge in [0.2, 0.25) is 0 Å². The molecule has 0 atom stereocenters. The van der Waals surface area contributed by atoms with Gasteiger partial charge in [0.15, 0.2) is 0 Å². The summed E-state index contributed by atoms with van der Waals surface area (Å²) in [6, 6.07) is 0. The van der Waals surface area contributed by atoms with Gasteiger partial charge in [0.1, 0.15) is 0 Å². The fraction of sp³-hybridized carbons (Fsp3) is 0.600. The highest BCUT2D eigenvalue weighted by Gasteiger charge is 1.86. The molecule has 22 heavy (non-hydrogen) atoms. The maximum absolute atomic E-state index is 3.24. The highest BCUT2D eigenvalue weighted by molar-refractivity contribution is 7.99. The molecule has 0 aromatic heterocycles. The molecule has 0 saturated carbocycles. The topological polar surface area (TPSA) is 0 Å². The Morgan fingerprint density at radius 2 is 0.636 bits per heavy atom. The predicted molar refractivity (Wildman–Crippen MR) is 103 cm³/mol. The Morgan fingerprint density at radius 1 is 0.364 bits per heavy atom. The molecule has 1 heterocycles. The van der Waals surface area contributed by atoms with Crippen molar-refractivity contribution >= 4 is 23.5 Å². The molecular weight excluding hydrogens is 304 g/mol. The standard InChI is InChI=1S/C20H24S2/c1-2-6-10-14-18-22-20-16-12-8-4-3-7-11-15-19-21-17-13-9-5-1/h1-8,17-20H2. The molecule has 0 nitrogen and oxygen atoms in total. The van der Waals surface area contributed by atoms with Gasteiger partial charge in [-0.2, -0.15) is 0 Å². The normalized spacial score (nSPS) is 18.2. The van der Waals surface area contributed by atoms with Crippen LogP contribution < -0.4 is 0 Å². The molecule has 0 bridgehead atoms. The Balaban J connectivity index is 2.28. The monoisotopic (exact) mass is 328 g/mol. The van der Waals surface area contributed by atoms with Crippen LogP contribution in [-0.2, 0) is 0 Å². The summed E-state index contributed by atoms with van der Waals surface area (Å²) in [5.74, 6) is 29.4. The lowest BCUT2D eigenvalue weighted by Gasteiger charge is -1.91. The maximum Gasteiger partial charge on any atom is 0.0557 e. The largest absolute Gasteiger partial charge is 0.136 e. The van der Waals surface area contributed by atoms with Crippen LogP contribution in [-0.4, -0.2) is 23.0 Å². The first kappa shape index (κ1) is 19.0. The minimum absolute atomic E-state index is 0.904. The van der Waals surface area contributed by atoms with Crippen LogP contribution in [0.15, 0.2) is 0 Å². The van der Waals surface area contributed by atoms with Crippen LogP contribution in [0.5, 0.6) is 0 Å². The summed E-state index contributed by atoms with van der Waals surface area (Å²) >= 11 is 3.63. The average Bonchev–Trinajstić information content (AvgIpc) is 2.53. The van der Waals surface area contributed by atoms with Gasteiger partial charge in [0, 0.05) is 25.7 Å². The van der Waals surface area contributed by atoms with Gasteiger partial charge in [-0.25, -0.2) is 0 Å². The second kappa shape index (κ2) is 16.3. The molecule has 0 radical (unpaired) electrons. The predicted octanol–water partition coefficient (Wildman–Crippen LogP) is 4.60. The summed E-state index contributed by atoms with van der Waals surface area (Å²) in [5, 5.41) is 0. The molecule has 0 spiro atoms. The summed E-state index contributed by atoms with van der Waals surface area (Å²) in [6.07, 6.45) is 8.62. The Labute approximate surface area is 145 Å². The number of rotatable bonds is 0. The van der Waals surface area contributed by atoms with Crippen molar-refractivity contribution in [3.05, 3.63) is 0 Å². The molecule has 0 aromatic rings. The van der Waals surface area contributed by atoms with Crippen molar-refractivity contribution in [1.29, 1.82) is 0 Å². The summed E-state index contributed by atoms with van der Waals surface area (Å²) in [7, 11) is 0. The van der Waals surface area contributed by atoms with Gasteiger partial charge in [0.25, 0.3) is 0 Å². The van der Waals surface area contributed by atoms with E-state index in [-0.39, 0.29) is 0 Å². The molecule has 2 heteroatoms. The maximum atomic E-state index is 3.24. The van der Waals surface area contributed by atoms with Crippen LogP contribution in [0, 0.1) is 47.4 Å². The van der Waals surface area contributed by atoms with E-state index in [2.05, 4.69) is 47.4 Å². The first-order valence-corrected chi connectivity index (χ1v) is 10.3. The van der Waals surface area contributed by atoms with E-state index in [1.54, 1.807) is 0 Å². The van der Waals surface area contributed by atoms with Gasteiger partial charge in [0.05, 0.1) is 23.0 Å². The van der Waals surface area contributed by atoms with Gasteiger partial charge in [-0.15, -0.1) is 47.2 Å². The lowest BCUT2D eigenvalue weighted by atomic mass is 10.2. The van der Waals surface area contributed by atoms with Crippen molar-refractivity contribution in [3.8, 4) is 47.4 Å². The third-order valence-corrected chi connectivity index (χ3v) is 4.30. The van der Waals surface area contributed by atoms with Crippen molar-refractivity contribution < 1.29 is 0 Å². The van der Waals surface area contributed by atoms with E-state index >= 15 is 0 Å². The van der Waals surface area contributed by atoms with E-state index in [9.17, 15) is 0 Å². The highest BCUT2D eigenvalue weighted by atomic mass is 32.2. The van der Waals surface area contributed by atoms with Gasteiger partial charge in [-0.1, -0.05) is 23.7 Å². The second-order valence-corrected chi connectivity index (χ2v) is 6.79. The van der Waals surface area contributed by atoms with E-state index in [4.69, 9.17) is 0 Å². The fourth-order valence-corrected chi connectivity index (χ4v) is 2.74. The number of thioether (sulfide) groups is 2. The van der Waals surface area contributed by atoms with Crippen molar-refractivity contribution in [1.82, 2.24) is 0 Å². The molecule has 1 aliphatic rings. The van der Waals surface area contributed by atoms with E-state index in [0.29, 0.717) is 0 Å². The quantitative estimate of drug-likeness (QED) is 0.596. The lowest BCUT2D eigenvalue weighted by molar-refractivity contribution is 0.782. The molecule has 1 rings (SSSR count). The Morgan fingerprint density at radius 3 is 0.909 bits per heavy atom. The molecular formula is C20H24S2. The van der Waals surface area contributed by atoms with Gasteiger partial charge in [-0.3, -0.25) is 0 Å². The van der Waals surface area contributed by atoms with Gasteiger partial charge in [-0.05, 0) is 25.7 Å². The molecule has 0 amide bonds. The second-order valence-electron chi connectivity index (χ2n) is 4.81. The smallest absolute Gasteiger partial charge is 0.0557 e. The van der Waals surface area contributed by atoms with Crippen LogP contribution in [0.3, 0.4) is 0 Å². The first-order chi connectivity index (χ1) is 11.0. The number of hydrogen-bond donors (Lipinski definition) is 0. The van der Waals surface area contributed by atoms with Crippen molar-refractivity contribution in [2.45, 2.75) is 51.4 Å². The Kier molecular flexibility index (Phi) is 14.1. The van der Waals surface area contributed by atoms with Crippen LogP contribution in [0.25, 0.3) is 0 Å². The zero-order valence-corrected chi connectivity index (χ0v) is 14.9. The molecule has 0 aromatic carbocycles. The third-order valence-electron chi connectivity index (χ3n) is 2.90. The number of hydrogen-bond acceptors (Lipinski definition) is 2. The van der Waals surface area contributed by atoms with Crippen LogP contribution in [0.1, 0.15) is 51.4 Å². The van der Waals surface area contributed by atoms with Gasteiger partial charge < -0.3 is 0 Å². The summed E-state index contributed by atoms with van der Waals surface area (Å²) in [5.41, 5.74) is 0. The lowest BCUT2D eigenvalue weighted by Crippen LogP contribution is -1.80. The zero-order chi connectivity index (χ0) is 15.6. The molecule has 116 valence electrons. The first-order valence-electron chi connectivity index (χ1n) is 7.98. The molecule has 0 fully saturated rings. The molecule has 0 aliphatic carbocycles. The zero-order valence-electron chi connectivity index (χ0n) is 13.3. The van der Waals surface area contributed by atoms with Crippen molar-refractivity contribution in [3.63, 3.8) is 0 Å². The SMILES string of the molecule is C1#CCSCC#CCCCCC#CCSCC#CCCCC1. The molecule has 1 aliphatic heterocycles. The molecule has 0 unspecified atom stereocenters. The van der Waals surface area contributed by atoms with Gasteiger partial charge >= 0.3 is 0 Å². The van der Waals surface area contributed by atoms with Crippen LogP contribution in [0.2, 0.25) is 0 Å². The van der Waals surface area contributed by atoms with Crippen LogP contribution >= 0.6 is 23.5 Å². The minimum Gasteiger partial charge on any atom is -0.136 e. The Hall–Kier alpha value is -1.06. The highest BCUT2D eigenvalue weighted by Crippen LogP contribution is 2.02.